The molecule has 1 rings (SSSR count). The number of hydrogen-bond acceptors (Lipinski definition) is 2. The molecule has 2 heteroatoms. The van der Waals surface area contributed by atoms with Crippen LogP contribution in [0.5, 0.6) is 0 Å². The van der Waals surface area contributed by atoms with Crippen molar-refractivity contribution in [3.8, 4) is 0 Å². The largest absolute Gasteiger partial charge is 0.146 e. The zero-order chi connectivity index (χ0) is 7.56. The molecule has 0 saturated heterocycles. The summed E-state index contributed by atoms with van der Waals surface area (Å²) in [7, 11) is 0. The van der Waals surface area contributed by atoms with Gasteiger partial charge in [0, 0.05) is 4.91 Å². The van der Waals surface area contributed by atoms with Gasteiger partial charge in [-0.3, -0.25) is 0 Å². The fraction of sp³-hybridized carbons (Fsp3) is 0.250. The van der Waals surface area contributed by atoms with Gasteiger partial charge in [-0.25, -0.2) is 0 Å². The standard InChI is InChI=1S/C8H10S2/c1-6-2-4-7(9)8(10)5-3-6/h2-4,9-10H,5H2,1H3. The van der Waals surface area contributed by atoms with Crippen LogP contribution in [0.25, 0.3) is 0 Å². The highest BCUT2D eigenvalue weighted by atomic mass is 32.1. The molecule has 0 radical (unpaired) electrons. The Morgan fingerprint density at radius 3 is 2.70 bits per heavy atom. The van der Waals surface area contributed by atoms with E-state index in [0.717, 1.165) is 16.2 Å². The molecule has 0 aliphatic heterocycles. The predicted molar refractivity (Wildman–Crippen MR) is 52.5 cm³/mol. The van der Waals surface area contributed by atoms with Crippen LogP contribution in [0.1, 0.15) is 13.3 Å². The Labute approximate surface area is 72.5 Å². The van der Waals surface area contributed by atoms with E-state index in [1.165, 1.54) is 5.57 Å². The molecule has 0 spiro atoms. The van der Waals surface area contributed by atoms with Crippen LogP contribution >= 0.6 is 25.3 Å². The maximum absolute atomic E-state index is 4.27. The molecular weight excluding hydrogens is 160 g/mol. The second-order valence-electron chi connectivity index (χ2n) is 2.32. The van der Waals surface area contributed by atoms with E-state index in [1.807, 2.05) is 12.2 Å². The first-order valence-corrected chi connectivity index (χ1v) is 4.05. The van der Waals surface area contributed by atoms with E-state index in [4.69, 9.17) is 0 Å². The van der Waals surface area contributed by atoms with E-state index in [1.54, 1.807) is 0 Å². The van der Waals surface area contributed by atoms with Crippen LogP contribution in [-0.4, -0.2) is 0 Å². The first kappa shape index (κ1) is 8.02. The van der Waals surface area contributed by atoms with Gasteiger partial charge in [-0.1, -0.05) is 17.7 Å². The van der Waals surface area contributed by atoms with Crippen LogP contribution in [-0.2, 0) is 0 Å². The lowest BCUT2D eigenvalue weighted by Crippen LogP contribution is -1.70. The van der Waals surface area contributed by atoms with Crippen molar-refractivity contribution < 1.29 is 0 Å². The minimum Gasteiger partial charge on any atom is -0.146 e. The Balaban J connectivity index is 2.89. The molecule has 0 bridgehead atoms. The third-order valence-corrected chi connectivity index (χ3v) is 2.44. The van der Waals surface area contributed by atoms with E-state index in [2.05, 4.69) is 38.3 Å². The smallest absolute Gasteiger partial charge is 0.0136 e. The second-order valence-corrected chi connectivity index (χ2v) is 3.34. The topological polar surface area (TPSA) is 0 Å². The van der Waals surface area contributed by atoms with Crippen molar-refractivity contribution >= 4 is 25.3 Å². The first-order chi connectivity index (χ1) is 4.70. The molecule has 0 unspecified atom stereocenters. The average molecular weight is 170 g/mol. The van der Waals surface area contributed by atoms with Gasteiger partial charge in [0.25, 0.3) is 0 Å². The summed E-state index contributed by atoms with van der Waals surface area (Å²) >= 11 is 8.52. The van der Waals surface area contributed by atoms with Crippen molar-refractivity contribution in [1.82, 2.24) is 0 Å². The molecule has 1 aliphatic carbocycles. The van der Waals surface area contributed by atoms with Gasteiger partial charge in [0.2, 0.25) is 0 Å². The number of hydrogen-bond donors (Lipinski definition) is 2. The monoisotopic (exact) mass is 170 g/mol. The maximum Gasteiger partial charge on any atom is 0.0136 e. The number of allylic oxidation sites excluding steroid dienone is 5. The quantitative estimate of drug-likeness (QED) is 0.513. The lowest BCUT2D eigenvalue weighted by Gasteiger charge is -1.93. The lowest BCUT2D eigenvalue weighted by molar-refractivity contribution is 1.33. The molecular formula is C8H10S2. The molecule has 0 fully saturated rings. The van der Waals surface area contributed by atoms with Gasteiger partial charge in [0.05, 0.1) is 0 Å². The van der Waals surface area contributed by atoms with Crippen molar-refractivity contribution in [3.63, 3.8) is 0 Å². The Bertz CT molecular complexity index is 221. The van der Waals surface area contributed by atoms with Crippen LogP contribution < -0.4 is 0 Å². The summed E-state index contributed by atoms with van der Waals surface area (Å²) in [6, 6.07) is 0. The molecule has 0 heterocycles. The van der Waals surface area contributed by atoms with Gasteiger partial charge in [-0.15, -0.1) is 25.3 Å². The van der Waals surface area contributed by atoms with Crippen molar-refractivity contribution in [2.24, 2.45) is 0 Å². The van der Waals surface area contributed by atoms with Crippen LogP contribution in [0.4, 0.5) is 0 Å². The van der Waals surface area contributed by atoms with Gasteiger partial charge < -0.3 is 0 Å². The number of rotatable bonds is 0. The molecule has 0 aromatic heterocycles. The van der Waals surface area contributed by atoms with Gasteiger partial charge in [0.15, 0.2) is 0 Å². The van der Waals surface area contributed by atoms with Crippen molar-refractivity contribution in [3.05, 3.63) is 33.6 Å². The average Bonchev–Trinajstić information content (AvgIpc) is 2.04. The summed E-state index contributed by atoms with van der Waals surface area (Å²) in [4.78, 5) is 2.01. The normalized spacial score (nSPS) is 18.9. The van der Waals surface area contributed by atoms with Gasteiger partial charge in [-0.2, -0.15) is 0 Å². The lowest BCUT2D eigenvalue weighted by atomic mass is 10.2. The highest BCUT2D eigenvalue weighted by molar-refractivity contribution is 7.88. The van der Waals surface area contributed by atoms with Gasteiger partial charge in [-0.05, 0) is 24.3 Å². The minimum atomic E-state index is 0.904. The Kier molecular flexibility index (Phi) is 2.69. The summed E-state index contributed by atoms with van der Waals surface area (Å²) in [6.45, 7) is 2.07. The summed E-state index contributed by atoms with van der Waals surface area (Å²) < 4.78 is 0. The Hall–Kier alpha value is -0.0800. The van der Waals surface area contributed by atoms with E-state index in [0.29, 0.717) is 0 Å². The maximum atomic E-state index is 4.27. The summed E-state index contributed by atoms with van der Waals surface area (Å²) in [5, 5.41) is 0. The van der Waals surface area contributed by atoms with Crippen LogP contribution in [0.15, 0.2) is 33.6 Å². The third kappa shape index (κ3) is 1.96. The van der Waals surface area contributed by atoms with Gasteiger partial charge >= 0.3 is 0 Å². The summed E-state index contributed by atoms with van der Waals surface area (Å²) in [6.07, 6.45) is 7.07. The Morgan fingerprint density at radius 2 is 2.00 bits per heavy atom. The van der Waals surface area contributed by atoms with Crippen LogP contribution in [0, 0.1) is 0 Å². The molecule has 0 saturated carbocycles. The van der Waals surface area contributed by atoms with Crippen LogP contribution in [0.3, 0.4) is 0 Å². The van der Waals surface area contributed by atoms with Crippen molar-refractivity contribution in [2.45, 2.75) is 13.3 Å². The minimum absolute atomic E-state index is 0.904. The predicted octanol–water partition coefficient (Wildman–Crippen LogP) is 2.96. The third-order valence-electron chi connectivity index (χ3n) is 1.42. The molecule has 54 valence electrons. The molecule has 0 aromatic carbocycles. The molecule has 0 aromatic rings. The van der Waals surface area contributed by atoms with Crippen LogP contribution in [0.2, 0.25) is 0 Å². The zero-order valence-electron chi connectivity index (χ0n) is 5.83. The Morgan fingerprint density at radius 1 is 1.30 bits per heavy atom. The first-order valence-electron chi connectivity index (χ1n) is 3.16. The van der Waals surface area contributed by atoms with Gasteiger partial charge in [0.1, 0.15) is 0 Å². The summed E-state index contributed by atoms with van der Waals surface area (Å²) in [5.41, 5.74) is 1.27. The fourth-order valence-electron chi connectivity index (χ4n) is 0.737. The molecule has 0 N–H and O–H groups in total. The molecule has 10 heavy (non-hydrogen) atoms. The van der Waals surface area contributed by atoms with Crippen molar-refractivity contribution in [1.29, 1.82) is 0 Å². The molecule has 0 nitrogen and oxygen atoms in total. The molecule has 0 amide bonds. The molecule has 1 aliphatic rings. The second kappa shape index (κ2) is 3.35. The molecule has 0 atom stereocenters. The zero-order valence-corrected chi connectivity index (χ0v) is 7.62. The highest BCUT2D eigenvalue weighted by Gasteiger charge is 1.97. The fourth-order valence-corrected chi connectivity index (χ4v) is 1.07. The summed E-state index contributed by atoms with van der Waals surface area (Å²) in [5.74, 6) is 0. The van der Waals surface area contributed by atoms with Crippen molar-refractivity contribution in [2.75, 3.05) is 0 Å². The van der Waals surface area contributed by atoms with E-state index < -0.39 is 0 Å². The highest BCUT2D eigenvalue weighted by Crippen LogP contribution is 2.22. The van der Waals surface area contributed by atoms with E-state index in [-0.39, 0.29) is 0 Å². The SMILES string of the molecule is CC1=CCC(S)=C(S)C=C1. The van der Waals surface area contributed by atoms with E-state index in [9.17, 15) is 0 Å². The van der Waals surface area contributed by atoms with E-state index >= 15 is 0 Å². The number of thiol groups is 2.